The highest BCUT2D eigenvalue weighted by molar-refractivity contribution is 7.90. The molecular weight excluding hydrogens is 495 g/mol. The van der Waals surface area contributed by atoms with Crippen LogP contribution in [-0.2, 0) is 14.6 Å². The van der Waals surface area contributed by atoms with E-state index in [-0.39, 0.29) is 15.6 Å². The second-order valence-electron chi connectivity index (χ2n) is 6.59. The molecule has 164 valence electrons. The van der Waals surface area contributed by atoms with Crippen LogP contribution < -0.4 is 0 Å². The fourth-order valence-electron chi connectivity index (χ4n) is 2.91. The van der Waals surface area contributed by atoms with Crippen LogP contribution in [0.15, 0.2) is 53.4 Å². The van der Waals surface area contributed by atoms with Crippen LogP contribution >= 0.6 is 34.7 Å². The molecule has 0 bridgehead atoms. The fourth-order valence-corrected chi connectivity index (χ4v) is 4.86. The normalized spacial score (nSPS) is 11.5. The van der Waals surface area contributed by atoms with E-state index >= 15 is 0 Å². The first-order valence-electron chi connectivity index (χ1n) is 8.97. The highest BCUT2D eigenvalue weighted by atomic mass is 35.5. The predicted molar refractivity (Wildman–Crippen MR) is 122 cm³/mol. The number of sulfone groups is 1. The van der Waals surface area contributed by atoms with Gasteiger partial charge in [-0.05, 0) is 35.8 Å². The first-order valence-corrected chi connectivity index (χ1v) is 12.4. The molecule has 0 aliphatic rings. The molecule has 12 heteroatoms. The molecule has 0 N–H and O–H groups in total. The number of para-hydroxylation sites is 1. The Balaban J connectivity index is 1.88. The van der Waals surface area contributed by atoms with Crippen molar-refractivity contribution in [2.45, 2.75) is 4.90 Å². The number of ether oxygens (including phenoxy) is 1. The van der Waals surface area contributed by atoms with E-state index in [0.717, 1.165) is 17.8 Å². The molecule has 0 aliphatic heterocycles. The minimum atomic E-state index is -3.40. The van der Waals surface area contributed by atoms with Crippen LogP contribution in [-0.4, -0.2) is 46.9 Å². The lowest BCUT2D eigenvalue weighted by molar-refractivity contribution is 0.0593. The Hall–Kier alpha value is -2.79. The summed E-state index contributed by atoms with van der Waals surface area (Å²) in [4.78, 5) is 16.9. The molecule has 32 heavy (non-hydrogen) atoms. The van der Waals surface area contributed by atoms with Gasteiger partial charge in [-0.2, -0.15) is 9.47 Å². The van der Waals surface area contributed by atoms with Crippen LogP contribution in [0, 0.1) is 0 Å². The van der Waals surface area contributed by atoms with Crippen molar-refractivity contribution in [1.82, 2.24) is 19.1 Å². The number of halogens is 2. The predicted octanol–water partition coefficient (Wildman–Crippen LogP) is 4.55. The van der Waals surface area contributed by atoms with E-state index in [0.29, 0.717) is 32.8 Å². The standard InChI is InChI=1S/C20H14Cl2N4O4S2/c1-30-20(27)16-15(22)17(26(24-16)14-9-4-3-8-13(14)21)19-23-18(25-31-19)11-6-5-7-12(10-11)32(2,28)29/h3-10H,1-2H3. The van der Waals surface area contributed by atoms with Gasteiger partial charge in [0.05, 0.1) is 22.7 Å². The Kier molecular flexibility index (Phi) is 6.04. The average molecular weight is 509 g/mol. The van der Waals surface area contributed by atoms with Crippen molar-refractivity contribution >= 4 is 50.5 Å². The fraction of sp³-hybridized carbons (Fsp3) is 0.100. The van der Waals surface area contributed by atoms with Crippen molar-refractivity contribution < 1.29 is 17.9 Å². The van der Waals surface area contributed by atoms with Gasteiger partial charge in [0.1, 0.15) is 10.7 Å². The van der Waals surface area contributed by atoms with E-state index in [2.05, 4.69) is 14.5 Å². The van der Waals surface area contributed by atoms with Crippen LogP contribution in [0.2, 0.25) is 10.0 Å². The topological polar surface area (TPSA) is 104 Å². The first-order chi connectivity index (χ1) is 15.2. The van der Waals surface area contributed by atoms with Crippen molar-refractivity contribution in [3.8, 4) is 27.8 Å². The van der Waals surface area contributed by atoms with Crippen molar-refractivity contribution in [3.05, 3.63) is 64.3 Å². The number of carbonyl (C=O) groups is 1. The van der Waals surface area contributed by atoms with Crippen LogP contribution in [0.1, 0.15) is 10.5 Å². The molecule has 0 amide bonds. The number of hydrogen-bond donors (Lipinski definition) is 0. The van der Waals surface area contributed by atoms with Gasteiger partial charge in [-0.15, -0.1) is 0 Å². The molecule has 2 heterocycles. The number of esters is 1. The second-order valence-corrected chi connectivity index (χ2v) is 10.1. The molecular formula is C20H14Cl2N4O4S2. The van der Waals surface area contributed by atoms with E-state index in [4.69, 9.17) is 27.9 Å². The Morgan fingerprint density at radius 2 is 1.88 bits per heavy atom. The molecule has 0 atom stereocenters. The second kappa shape index (κ2) is 8.62. The lowest BCUT2D eigenvalue weighted by Gasteiger charge is -2.07. The van der Waals surface area contributed by atoms with Gasteiger partial charge in [0.25, 0.3) is 0 Å². The summed E-state index contributed by atoms with van der Waals surface area (Å²) < 4.78 is 34.3. The number of benzene rings is 2. The zero-order chi connectivity index (χ0) is 23.0. The summed E-state index contributed by atoms with van der Waals surface area (Å²) in [5, 5.41) is 5.08. The quantitative estimate of drug-likeness (QED) is 0.364. The van der Waals surface area contributed by atoms with Crippen molar-refractivity contribution in [2.75, 3.05) is 13.4 Å². The molecule has 0 unspecified atom stereocenters. The molecule has 4 aromatic rings. The maximum absolute atomic E-state index is 12.2. The zero-order valence-electron chi connectivity index (χ0n) is 16.6. The number of methoxy groups -OCH3 is 1. The maximum Gasteiger partial charge on any atom is 0.360 e. The molecule has 0 saturated heterocycles. The lowest BCUT2D eigenvalue weighted by Crippen LogP contribution is -2.05. The van der Waals surface area contributed by atoms with Crippen molar-refractivity contribution in [1.29, 1.82) is 0 Å². The van der Waals surface area contributed by atoms with E-state index in [1.165, 1.54) is 23.9 Å². The van der Waals surface area contributed by atoms with E-state index in [1.807, 2.05) is 0 Å². The summed E-state index contributed by atoms with van der Waals surface area (Å²) in [5.41, 5.74) is 1.21. The van der Waals surface area contributed by atoms with Gasteiger partial charge in [0, 0.05) is 11.8 Å². The molecule has 0 aliphatic carbocycles. The highest BCUT2D eigenvalue weighted by Gasteiger charge is 2.27. The molecule has 0 fully saturated rings. The Morgan fingerprint density at radius 1 is 1.12 bits per heavy atom. The number of rotatable bonds is 5. The first kappa shape index (κ1) is 22.4. The average Bonchev–Trinajstić information content (AvgIpc) is 3.37. The minimum Gasteiger partial charge on any atom is -0.464 e. The Bertz CT molecular complexity index is 1450. The SMILES string of the molecule is COC(=O)c1nn(-c2ccccc2Cl)c(-c2nc(-c3cccc(S(C)(=O)=O)c3)ns2)c1Cl. The number of aromatic nitrogens is 4. The van der Waals surface area contributed by atoms with Crippen molar-refractivity contribution in [2.24, 2.45) is 0 Å². The summed E-state index contributed by atoms with van der Waals surface area (Å²) in [6, 6.07) is 13.2. The number of hydrogen-bond acceptors (Lipinski definition) is 8. The molecule has 2 aromatic carbocycles. The van der Waals surface area contributed by atoms with Crippen LogP contribution in [0.3, 0.4) is 0 Å². The molecule has 0 radical (unpaired) electrons. The smallest absolute Gasteiger partial charge is 0.360 e. The molecule has 8 nitrogen and oxygen atoms in total. The van der Waals surface area contributed by atoms with Crippen LogP contribution in [0.4, 0.5) is 0 Å². The monoisotopic (exact) mass is 508 g/mol. The molecule has 0 spiro atoms. The summed E-state index contributed by atoms with van der Waals surface area (Å²) in [5.74, 6) is -0.411. The number of nitrogens with zero attached hydrogens (tertiary/aromatic N) is 4. The van der Waals surface area contributed by atoms with E-state index < -0.39 is 15.8 Å². The van der Waals surface area contributed by atoms with E-state index in [1.54, 1.807) is 36.4 Å². The van der Waals surface area contributed by atoms with E-state index in [9.17, 15) is 13.2 Å². The minimum absolute atomic E-state index is 0.0318. The third-order valence-electron chi connectivity index (χ3n) is 4.44. The molecule has 0 saturated carbocycles. The van der Waals surface area contributed by atoms with Gasteiger partial charge in [0.2, 0.25) is 0 Å². The van der Waals surface area contributed by atoms with Crippen LogP contribution in [0.5, 0.6) is 0 Å². The summed E-state index contributed by atoms with van der Waals surface area (Å²) in [6.07, 6.45) is 1.13. The summed E-state index contributed by atoms with van der Waals surface area (Å²) in [7, 11) is -2.17. The number of carbonyl (C=O) groups excluding carboxylic acids is 1. The maximum atomic E-state index is 12.2. The van der Waals surface area contributed by atoms with Gasteiger partial charge in [-0.1, -0.05) is 47.5 Å². The van der Waals surface area contributed by atoms with Gasteiger partial charge in [0.15, 0.2) is 26.4 Å². The summed E-state index contributed by atoms with van der Waals surface area (Å²) >= 11 is 13.9. The van der Waals surface area contributed by atoms with Gasteiger partial charge < -0.3 is 4.74 Å². The largest absolute Gasteiger partial charge is 0.464 e. The third kappa shape index (κ3) is 4.14. The van der Waals surface area contributed by atoms with Crippen LogP contribution in [0.25, 0.3) is 27.8 Å². The molecule has 4 rings (SSSR count). The van der Waals surface area contributed by atoms with Gasteiger partial charge in [-0.3, -0.25) is 0 Å². The molecule has 2 aromatic heterocycles. The van der Waals surface area contributed by atoms with Gasteiger partial charge in [-0.25, -0.2) is 22.9 Å². The highest BCUT2D eigenvalue weighted by Crippen LogP contribution is 2.37. The summed E-state index contributed by atoms with van der Waals surface area (Å²) in [6.45, 7) is 0. The van der Waals surface area contributed by atoms with Crippen molar-refractivity contribution in [3.63, 3.8) is 0 Å². The Labute approximate surface area is 197 Å². The third-order valence-corrected chi connectivity index (χ3v) is 6.95. The van der Waals surface area contributed by atoms with Gasteiger partial charge >= 0.3 is 5.97 Å². The Morgan fingerprint density at radius 3 is 2.56 bits per heavy atom. The zero-order valence-corrected chi connectivity index (χ0v) is 19.8. The lowest BCUT2D eigenvalue weighted by atomic mass is 10.2.